The fourth-order valence-corrected chi connectivity index (χ4v) is 1.73. The highest BCUT2D eigenvalue weighted by Crippen LogP contribution is 2.23. The minimum Gasteiger partial charge on any atom is -0.494 e. The molecule has 1 aromatic heterocycles. The lowest BCUT2D eigenvalue weighted by molar-refractivity contribution is 0.111. The molecule has 17 heavy (non-hydrogen) atoms. The van der Waals surface area contributed by atoms with Gasteiger partial charge in [-0.1, -0.05) is 24.3 Å². The van der Waals surface area contributed by atoms with Gasteiger partial charge >= 0.3 is 0 Å². The number of aromatic nitrogens is 3. The second-order valence-electron chi connectivity index (χ2n) is 3.48. The summed E-state index contributed by atoms with van der Waals surface area (Å²) in [5.41, 5.74) is 1.94. The van der Waals surface area contributed by atoms with Gasteiger partial charge in [0.15, 0.2) is 6.29 Å². The number of hydrogen-bond acceptors (Lipinski definition) is 4. The van der Waals surface area contributed by atoms with Gasteiger partial charge in [0.2, 0.25) is 0 Å². The maximum absolute atomic E-state index is 10.8. The van der Waals surface area contributed by atoms with Gasteiger partial charge in [0.25, 0.3) is 0 Å². The maximum atomic E-state index is 10.8. The lowest BCUT2D eigenvalue weighted by atomic mass is 10.2. The van der Waals surface area contributed by atoms with E-state index in [4.69, 9.17) is 4.74 Å². The van der Waals surface area contributed by atoms with Crippen molar-refractivity contribution in [1.29, 1.82) is 0 Å². The van der Waals surface area contributed by atoms with Crippen LogP contribution in [-0.2, 0) is 6.42 Å². The van der Waals surface area contributed by atoms with Crippen molar-refractivity contribution < 1.29 is 9.53 Å². The molecule has 88 valence electrons. The topological polar surface area (TPSA) is 57.0 Å². The standard InChI is InChI=1S/C12H13N3O2/c1-3-10-9(8-16)13-14-15(10)11-6-4-5-7-12(11)17-2/h4-8H,3H2,1-2H3. The molecule has 0 aliphatic carbocycles. The van der Waals surface area contributed by atoms with E-state index in [0.717, 1.165) is 17.7 Å². The predicted molar refractivity (Wildman–Crippen MR) is 62.7 cm³/mol. The first-order valence-corrected chi connectivity index (χ1v) is 5.35. The molecule has 2 rings (SSSR count). The van der Waals surface area contributed by atoms with Crippen molar-refractivity contribution in [1.82, 2.24) is 15.0 Å². The highest BCUT2D eigenvalue weighted by atomic mass is 16.5. The van der Waals surface area contributed by atoms with Gasteiger partial charge in [0.1, 0.15) is 17.1 Å². The van der Waals surface area contributed by atoms with Crippen LogP contribution in [-0.4, -0.2) is 28.4 Å². The molecular formula is C12H13N3O2. The highest BCUT2D eigenvalue weighted by Gasteiger charge is 2.14. The SMILES string of the molecule is CCc1c(C=O)nnn1-c1ccccc1OC. The van der Waals surface area contributed by atoms with Crippen molar-refractivity contribution in [2.24, 2.45) is 0 Å². The Kier molecular flexibility index (Phi) is 3.18. The number of para-hydroxylation sites is 2. The van der Waals surface area contributed by atoms with Crippen molar-refractivity contribution >= 4 is 6.29 Å². The fourth-order valence-electron chi connectivity index (χ4n) is 1.73. The summed E-state index contributed by atoms with van der Waals surface area (Å²) in [7, 11) is 1.60. The number of methoxy groups -OCH3 is 1. The first-order chi connectivity index (χ1) is 8.31. The van der Waals surface area contributed by atoms with E-state index in [1.807, 2.05) is 31.2 Å². The third-order valence-corrected chi connectivity index (χ3v) is 2.55. The summed E-state index contributed by atoms with van der Waals surface area (Å²) in [6, 6.07) is 7.49. The zero-order chi connectivity index (χ0) is 12.3. The molecule has 0 aliphatic rings. The summed E-state index contributed by atoms with van der Waals surface area (Å²) in [6.07, 6.45) is 1.40. The van der Waals surface area contributed by atoms with Crippen LogP contribution in [0.3, 0.4) is 0 Å². The maximum Gasteiger partial charge on any atom is 0.172 e. The zero-order valence-electron chi connectivity index (χ0n) is 9.75. The second kappa shape index (κ2) is 4.78. The Morgan fingerprint density at radius 3 is 2.82 bits per heavy atom. The molecule has 0 atom stereocenters. The molecule has 0 saturated heterocycles. The van der Waals surface area contributed by atoms with E-state index in [1.165, 1.54) is 0 Å². The third-order valence-electron chi connectivity index (χ3n) is 2.55. The molecule has 0 aliphatic heterocycles. The summed E-state index contributed by atoms with van der Waals surface area (Å²) in [4.78, 5) is 10.8. The fraction of sp³-hybridized carbons (Fsp3) is 0.250. The van der Waals surface area contributed by atoms with E-state index >= 15 is 0 Å². The molecule has 0 bridgehead atoms. The Balaban J connectivity index is 2.60. The molecule has 0 radical (unpaired) electrons. The number of nitrogens with zero attached hydrogens (tertiary/aromatic N) is 3. The van der Waals surface area contributed by atoms with Crippen LogP contribution in [0.5, 0.6) is 5.75 Å². The van der Waals surface area contributed by atoms with E-state index in [2.05, 4.69) is 10.3 Å². The minimum atomic E-state index is 0.374. The Hall–Kier alpha value is -2.17. The van der Waals surface area contributed by atoms with E-state index in [0.29, 0.717) is 17.9 Å². The van der Waals surface area contributed by atoms with Crippen molar-refractivity contribution in [3.63, 3.8) is 0 Å². The second-order valence-corrected chi connectivity index (χ2v) is 3.48. The molecular weight excluding hydrogens is 218 g/mol. The number of benzene rings is 1. The Morgan fingerprint density at radius 2 is 2.18 bits per heavy atom. The molecule has 1 heterocycles. The van der Waals surface area contributed by atoms with E-state index in [1.54, 1.807) is 11.8 Å². The van der Waals surface area contributed by atoms with Gasteiger partial charge in [0.05, 0.1) is 12.8 Å². The predicted octanol–water partition coefficient (Wildman–Crippen LogP) is 1.65. The van der Waals surface area contributed by atoms with Crippen LogP contribution in [0.15, 0.2) is 24.3 Å². The van der Waals surface area contributed by atoms with Crippen molar-refractivity contribution in [2.45, 2.75) is 13.3 Å². The molecule has 0 fully saturated rings. The number of ether oxygens (including phenoxy) is 1. The third kappa shape index (κ3) is 1.91. The summed E-state index contributed by atoms with van der Waals surface area (Å²) in [6.45, 7) is 1.96. The van der Waals surface area contributed by atoms with Crippen LogP contribution in [0.4, 0.5) is 0 Å². The van der Waals surface area contributed by atoms with Crippen molar-refractivity contribution in [2.75, 3.05) is 7.11 Å². The summed E-state index contributed by atoms with van der Waals surface area (Å²) >= 11 is 0. The van der Waals surface area contributed by atoms with Crippen LogP contribution in [0, 0.1) is 0 Å². The van der Waals surface area contributed by atoms with Gasteiger partial charge in [-0.25, -0.2) is 4.68 Å². The van der Waals surface area contributed by atoms with Crippen molar-refractivity contribution in [3.8, 4) is 11.4 Å². The number of rotatable bonds is 4. The average Bonchev–Trinajstić information content (AvgIpc) is 2.81. The Labute approximate surface area is 99.0 Å². The lowest BCUT2D eigenvalue weighted by Gasteiger charge is -2.09. The molecule has 2 aromatic rings. The zero-order valence-corrected chi connectivity index (χ0v) is 9.75. The van der Waals surface area contributed by atoms with Crippen molar-refractivity contribution in [3.05, 3.63) is 35.7 Å². The van der Waals surface area contributed by atoms with Gasteiger partial charge in [0, 0.05) is 0 Å². The van der Waals surface area contributed by atoms with E-state index < -0.39 is 0 Å². The molecule has 0 amide bonds. The number of carbonyl (C=O) groups is 1. The van der Waals surface area contributed by atoms with Crippen LogP contribution < -0.4 is 4.74 Å². The van der Waals surface area contributed by atoms with Gasteiger partial charge in [-0.15, -0.1) is 5.10 Å². The highest BCUT2D eigenvalue weighted by molar-refractivity contribution is 5.73. The molecule has 1 aromatic carbocycles. The van der Waals surface area contributed by atoms with Crippen LogP contribution >= 0.6 is 0 Å². The first-order valence-electron chi connectivity index (χ1n) is 5.35. The average molecular weight is 231 g/mol. The quantitative estimate of drug-likeness (QED) is 0.751. The Morgan fingerprint density at radius 1 is 1.41 bits per heavy atom. The summed E-state index contributed by atoms with van der Waals surface area (Å²) in [5, 5.41) is 7.84. The van der Waals surface area contributed by atoms with Gasteiger partial charge in [-0.05, 0) is 18.6 Å². The molecule has 5 nitrogen and oxygen atoms in total. The molecule has 5 heteroatoms. The number of carbonyl (C=O) groups excluding carboxylic acids is 1. The number of aldehydes is 1. The van der Waals surface area contributed by atoms with E-state index in [9.17, 15) is 4.79 Å². The van der Waals surface area contributed by atoms with Crippen LogP contribution in [0.1, 0.15) is 23.1 Å². The molecule has 0 unspecified atom stereocenters. The van der Waals surface area contributed by atoms with Crippen LogP contribution in [0.2, 0.25) is 0 Å². The number of hydrogen-bond donors (Lipinski definition) is 0. The van der Waals surface area contributed by atoms with Crippen LogP contribution in [0.25, 0.3) is 5.69 Å². The lowest BCUT2D eigenvalue weighted by Crippen LogP contribution is -2.04. The van der Waals surface area contributed by atoms with Gasteiger partial charge < -0.3 is 4.74 Å². The molecule has 0 saturated carbocycles. The molecule has 0 spiro atoms. The monoisotopic (exact) mass is 231 g/mol. The Bertz CT molecular complexity index is 534. The summed E-state index contributed by atoms with van der Waals surface area (Å²) < 4.78 is 6.91. The van der Waals surface area contributed by atoms with E-state index in [-0.39, 0.29) is 0 Å². The van der Waals surface area contributed by atoms with Gasteiger partial charge in [-0.2, -0.15) is 0 Å². The smallest absolute Gasteiger partial charge is 0.172 e. The minimum absolute atomic E-state index is 0.374. The largest absolute Gasteiger partial charge is 0.494 e. The molecule has 0 N–H and O–H groups in total. The van der Waals surface area contributed by atoms with Gasteiger partial charge in [-0.3, -0.25) is 4.79 Å². The summed E-state index contributed by atoms with van der Waals surface area (Å²) in [5.74, 6) is 0.699. The normalized spacial score (nSPS) is 10.2. The first kappa shape index (κ1) is 11.3.